The molecule has 3 aromatic rings. The summed E-state index contributed by atoms with van der Waals surface area (Å²) in [5, 5.41) is 12.6. The number of aliphatic hydroxyl groups is 1. The first-order valence-electron chi connectivity index (χ1n) is 8.79. The van der Waals surface area contributed by atoms with Gasteiger partial charge in [-0.25, -0.2) is 4.39 Å². The predicted molar refractivity (Wildman–Crippen MR) is 102 cm³/mol. The molecule has 142 valence electrons. The molecule has 1 heterocycles. The molecule has 0 aliphatic heterocycles. The highest BCUT2D eigenvalue weighted by Crippen LogP contribution is 2.37. The third-order valence-electron chi connectivity index (χ3n) is 4.18. The number of ether oxygens (including phenoxy) is 1. The maximum atomic E-state index is 13.3. The standard InChI is InChI=1S/C21H22FNO4/c1-12(2)26-17-11-16-18(10-14(17)8-9-24)27-20(19(16)21(25)23-3)13-4-6-15(22)7-5-13/h4-7,10-12,24H,8-9H2,1-3H3,(H,23,25). The van der Waals surface area contributed by atoms with E-state index in [1.165, 1.54) is 12.1 Å². The van der Waals surface area contributed by atoms with E-state index in [1.807, 2.05) is 13.8 Å². The van der Waals surface area contributed by atoms with Gasteiger partial charge in [-0.2, -0.15) is 0 Å². The lowest BCUT2D eigenvalue weighted by Gasteiger charge is -2.14. The Balaban J connectivity index is 2.26. The van der Waals surface area contributed by atoms with E-state index in [-0.39, 0.29) is 24.4 Å². The van der Waals surface area contributed by atoms with Gasteiger partial charge in [0.1, 0.15) is 22.9 Å². The first-order valence-corrected chi connectivity index (χ1v) is 8.79. The van der Waals surface area contributed by atoms with Crippen molar-refractivity contribution in [2.24, 2.45) is 0 Å². The zero-order valence-corrected chi connectivity index (χ0v) is 15.5. The lowest BCUT2D eigenvalue weighted by molar-refractivity contribution is 0.0964. The number of aliphatic hydroxyl groups excluding tert-OH is 1. The first-order chi connectivity index (χ1) is 12.9. The summed E-state index contributed by atoms with van der Waals surface area (Å²) in [6.07, 6.45) is 0.340. The van der Waals surface area contributed by atoms with Crippen LogP contribution in [0.1, 0.15) is 29.8 Å². The highest BCUT2D eigenvalue weighted by atomic mass is 19.1. The van der Waals surface area contributed by atoms with Crippen LogP contribution in [0.3, 0.4) is 0 Å². The molecule has 1 aromatic heterocycles. The number of hydrogen-bond donors (Lipinski definition) is 2. The van der Waals surface area contributed by atoms with Crippen molar-refractivity contribution in [2.75, 3.05) is 13.7 Å². The number of halogens is 1. The Bertz CT molecular complexity index is 960. The summed E-state index contributed by atoms with van der Waals surface area (Å²) in [5.74, 6) is 0.289. The van der Waals surface area contributed by atoms with Crippen molar-refractivity contribution in [2.45, 2.75) is 26.4 Å². The fourth-order valence-corrected chi connectivity index (χ4v) is 3.00. The van der Waals surface area contributed by atoms with Crippen LogP contribution in [0.2, 0.25) is 0 Å². The molecule has 0 aliphatic rings. The van der Waals surface area contributed by atoms with Gasteiger partial charge >= 0.3 is 0 Å². The molecular formula is C21H22FNO4. The Morgan fingerprint density at radius 3 is 2.56 bits per heavy atom. The maximum absolute atomic E-state index is 13.3. The van der Waals surface area contributed by atoms with Gasteiger partial charge in [-0.05, 0) is 56.7 Å². The number of amides is 1. The minimum atomic E-state index is -0.366. The van der Waals surface area contributed by atoms with Gasteiger partial charge in [-0.1, -0.05) is 0 Å². The van der Waals surface area contributed by atoms with Crippen molar-refractivity contribution >= 4 is 16.9 Å². The van der Waals surface area contributed by atoms with Crippen LogP contribution >= 0.6 is 0 Å². The first kappa shape index (κ1) is 18.9. The molecule has 0 fully saturated rings. The van der Waals surface area contributed by atoms with Crippen LogP contribution in [0.25, 0.3) is 22.3 Å². The topological polar surface area (TPSA) is 71.7 Å². The molecule has 0 bridgehead atoms. The molecule has 2 aromatic carbocycles. The summed E-state index contributed by atoms with van der Waals surface area (Å²) >= 11 is 0. The molecule has 0 saturated heterocycles. The average Bonchev–Trinajstić information content (AvgIpc) is 3.00. The molecule has 0 spiro atoms. The van der Waals surface area contributed by atoms with Gasteiger partial charge in [0.2, 0.25) is 0 Å². The Labute approximate surface area is 156 Å². The monoisotopic (exact) mass is 371 g/mol. The van der Waals surface area contributed by atoms with E-state index in [9.17, 15) is 14.3 Å². The molecule has 2 N–H and O–H groups in total. The molecular weight excluding hydrogens is 349 g/mol. The summed E-state index contributed by atoms with van der Waals surface area (Å²) in [6.45, 7) is 3.78. The number of nitrogens with one attached hydrogen (secondary N) is 1. The molecule has 0 saturated carbocycles. The van der Waals surface area contributed by atoms with Crippen LogP contribution in [0.4, 0.5) is 4.39 Å². The lowest BCUT2D eigenvalue weighted by Crippen LogP contribution is -2.18. The number of fused-ring (bicyclic) bond motifs is 1. The van der Waals surface area contributed by atoms with Crippen LogP contribution in [-0.2, 0) is 6.42 Å². The molecule has 0 radical (unpaired) electrons. The summed E-state index contributed by atoms with van der Waals surface area (Å²) in [6, 6.07) is 9.32. The van der Waals surface area contributed by atoms with Crippen LogP contribution in [0.15, 0.2) is 40.8 Å². The summed E-state index contributed by atoms with van der Waals surface area (Å²) in [7, 11) is 1.54. The smallest absolute Gasteiger partial charge is 0.255 e. The minimum absolute atomic E-state index is 0.0339. The molecule has 0 atom stereocenters. The molecule has 6 heteroatoms. The third kappa shape index (κ3) is 3.80. The van der Waals surface area contributed by atoms with E-state index < -0.39 is 0 Å². The number of rotatable bonds is 6. The van der Waals surface area contributed by atoms with Crippen molar-refractivity contribution in [3.63, 3.8) is 0 Å². The van der Waals surface area contributed by atoms with Gasteiger partial charge in [0.15, 0.2) is 0 Å². The van der Waals surface area contributed by atoms with E-state index in [0.29, 0.717) is 40.0 Å². The Kier molecular flexibility index (Phi) is 5.46. The van der Waals surface area contributed by atoms with E-state index in [0.717, 1.165) is 5.56 Å². The number of carbonyl (C=O) groups is 1. The van der Waals surface area contributed by atoms with E-state index >= 15 is 0 Å². The number of furan rings is 1. The van der Waals surface area contributed by atoms with Gasteiger partial charge in [0.05, 0.1) is 11.7 Å². The highest BCUT2D eigenvalue weighted by Gasteiger charge is 2.23. The quantitative estimate of drug-likeness (QED) is 0.689. The predicted octanol–water partition coefficient (Wildman–Crippen LogP) is 3.92. The summed E-state index contributed by atoms with van der Waals surface area (Å²) in [4.78, 5) is 12.6. The SMILES string of the molecule is CNC(=O)c1c(-c2ccc(F)cc2)oc2cc(CCO)c(OC(C)C)cc12. The van der Waals surface area contributed by atoms with Crippen molar-refractivity contribution in [1.29, 1.82) is 0 Å². The number of benzene rings is 2. The zero-order chi connectivity index (χ0) is 19.6. The minimum Gasteiger partial charge on any atom is -0.491 e. The zero-order valence-electron chi connectivity index (χ0n) is 15.5. The summed E-state index contributed by atoms with van der Waals surface area (Å²) in [5.41, 5.74) is 2.26. The Morgan fingerprint density at radius 2 is 1.96 bits per heavy atom. The molecule has 5 nitrogen and oxygen atoms in total. The van der Waals surface area contributed by atoms with Crippen LogP contribution in [0, 0.1) is 5.82 Å². The van der Waals surface area contributed by atoms with Gasteiger partial charge < -0.3 is 19.6 Å². The fraction of sp³-hybridized carbons (Fsp3) is 0.286. The van der Waals surface area contributed by atoms with Gasteiger partial charge in [-0.15, -0.1) is 0 Å². The molecule has 0 unspecified atom stereocenters. The Hall–Kier alpha value is -2.86. The average molecular weight is 371 g/mol. The normalized spacial score (nSPS) is 11.2. The number of hydrogen-bond acceptors (Lipinski definition) is 4. The van der Waals surface area contributed by atoms with Crippen molar-refractivity contribution in [1.82, 2.24) is 5.32 Å². The van der Waals surface area contributed by atoms with Gasteiger partial charge in [-0.3, -0.25) is 4.79 Å². The van der Waals surface area contributed by atoms with E-state index in [4.69, 9.17) is 9.15 Å². The van der Waals surface area contributed by atoms with E-state index in [2.05, 4.69) is 5.32 Å². The number of carbonyl (C=O) groups excluding carboxylic acids is 1. The van der Waals surface area contributed by atoms with Gasteiger partial charge in [0.25, 0.3) is 5.91 Å². The van der Waals surface area contributed by atoms with Crippen molar-refractivity contribution < 1.29 is 23.4 Å². The second-order valence-corrected chi connectivity index (χ2v) is 6.49. The van der Waals surface area contributed by atoms with Gasteiger partial charge in [0, 0.05) is 30.2 Å². The molecule has 0 aliphatic carbocycles. The second-order valence-electron chi connectivity index (χ2n) is 6.49. The highest BCUT2D eigenvalue weighted by molar-refractivity contribution is 6.11. The third-order valence-corrected chi connectivity index (χ3v) is 4.18. The fourth-order valence-electron chi connectivity index (χ4n) is 3.00. The molecule has 27 heavy (non-hydrogen) atoms. The Morgan fingerprint density at radius 1 is 1.26 bits per heavy atom. The van der Waals surface area contributed by atoms with Crippen molar-refractivity contribution in [3.8, 4) is 17.1 Å². The largest absolute Gasteiger partial charge is 0.491 e. The van der Waals surface area contributed by atoms with Crippen LogP contribution in [0.5, 0.6) is 5.75 Å². The van der Waals surface area contributed by atoms with Crippen LogP contribution in [-0.4, -0.2) is 30.8 Å². The lowest BCUT2D eigenvalue weighted by atomic mass is 10.0. The second kappa shape index (κ2) is 7.80. The van der Waals surface area contributed by atoms with Crippen LogP contribution < -0.4 is 10.1 Å². The van der Waals surface area contributed by atoms with E-state index in [1.54, 1.807) is 31.3 Å². The summed E-state index contributed by atoms with van der Waals surface area (Å²) < 4.78 is 25.1. The maximum Gasteiger partial charge on any atom is 0.255 e. The van der Waals surface area contributed by atoms with Crippen molar-refractivity contribution in [3.05, 3.63) is 53.3 Å². The molecule has 3 rings (SSSR count). The molecule has 1 amide bonds.